The van der Waals surface area contributed by atoms with Crippen LogP contribution in [0.1, 0.15) is 23.5 Å². The monoisotopic (exact) mass is 289 g/mol. The van der Waals surface area contributed by atoms with Crippen LogP contribution in [0, 0.1) is 12.7 Å². The van der Waals surface area contributed by atoms with Crippen molar-refractivity contribution in [2.45, 2.75) is 19.3 Å². The third-order valence-electron chi connectivity index (χ3n) is 3.98. The van der Waals surface area contributed by atoms with Gasteiger partial charge in [-0.25, -0.2) is 4.39 Å². The van der Waals surface area contributed by atoms with E-state index in [4.69, 9.17) is 11.6 Å². The quantitative estimate of drug-likeness (QED) is 0.856. The third-order valence-corrected chi connectivity index (χ3v) is 4.22. The van der Waals surface area contributed by atoms with E-state index >= 15 is 0 Å². The van der Waals surface area contributed by atoms with Crippen LogP contribution in [0.2, 0.25) is 5.02 Å². The molecule has 1 nitrogen and oxygen atoms in total. The van der Waals surface area contributed by atoms with Crippen LogP contribution >= 0.6 is 11.6 Å². The first-order valence-corrected chi connectivity index (χ1v) is 7.29. The van der Waals surface area contributed by atoms with Crippen LogP contribution in [-0.4, -0.2) is 13.1 Å². The van der Waals surface area contributed by atoms with Crippen molar-refractivity contribution >= 4 is 11.6 Å². The lowest BCUT2D eigenvalue weighted by Crippen LogP contribution is -2.08. The standard InChI is InChI=1S/C17H17ClFN/c1-11-8-12(2-5-17(11)19)15-4-3-14(18)9-16(15)13-6-7-20-10-13/h2-5,8-9,13,20H,6-7,10H2,1H3. The van der Waals surface area contributed by atoms with Gasteiger partial charge in [0.25, 0.3) is 0 Å². The van der Waals surface area contributed by atoms with Crippen LogP contribution in [0.4, 0.5) is 4.39 Å². The second-order valence-corrected chi connectivity index (χ2v) is 5.82. The van der Waals surface area contributed by atoms with E-state index in [1.165, 1.54) is 11.6 Å². The molecule has 1 unspecified atom stereocenters. The Morgan fingerprint density at radius 3 is 2.75 bits per heavy atom. The zero-order valence-electron chi connectivity index (χ0n) is 11.4. The highest BCUT2D eigenvalue weighted by atomic mass is 35.5. The molecule has 2 aromatic rings. The maximum atomic E-state index is 13.4. The highest BCUT2D eigenvalue weighted by molar-refractivity contribution is 6.30. The first-order valence-electron chi connectivity index (χ1n) is 6.92. The van der Waals surface area contributed by atoms with Crippen LogP contribution in [0.5, 0.6) is 0 Å². The summed E-state index contributed by atoms with van der Waals surface area (Å²) in [5, 5.41) is 4.15. The Morgan fingerprint density at radius 1 is 1.20 bits per heavy atom. The fraction of sp³-hybridized carbons (Fsp3) is 0.294. The number of aryl methyl sites for hydroxylation is 1. The molecule has 0 saturated carbocycles. The maximum Gasteiger partial charge on any atom is 0.126 e. The Balaban J connectivity index is 2.09. The van der Waals surface area contributed by atoms with Gasteiger partial charge in [0.2, 0.25) is 0 Å². The second-order valence-electron chi connectivity index (χ2n) is 5.39. The smallest absolute Gasteiger partial charge is 0.126 e. The van der Waals surface area contributed by atoms with E-state index in [-0.39, 0.29) is 5.82 Å². The molecule has 0 aliphatic carbocycles. The average molecular weight is 290 g/mol. The van der Waals surface area contributed by atoms with Crippen molar-refractivity contribution in [2.75, 3.05) is 13.1 Å². The van der Waals surface area contributed by atoms with E-state index in [9.17, 15) is 4.39 Å². The molecule has 20 heavy (non-hydrogen) atoms. The molecule has 1 aliphatic heterocycles. The molecule has 0 bridgehead atoms. The number of hydrogen-bond acceptors (Lipinski definition) is 1. The van der Waals surface area contributed by atoms with E-state index in [0.29, 0.717) is 11.5 Å². The van der Waals surface area contributed by atoms with E-state index < -0.39 is 0 Å². The summed E-state index contributed by atoms with van der Waals surface area (Å²) < 4.78 is 13.4. The molecule has 1 heterocycles. The summed E-state index contributed by atoms with van der Waals surface area (Å²) in [4.78, 5) is 0. The fourth-order valence-corrected chi connectivity index (χ4v) is 3.05. The second kappa shape index (κ2) is 5.55. The molecule has 0 aromatic heterocycles. The minimum atomic E-state index is -0.160. The summed E-state index contributed by atoms with van der Waals surface area (Å²) in [6.07, 6.45) is 1.12. The van der Waals surface area contributed by atoms with Crippen LogP contribution in [0.15, 0.2) is 36.4 Å². The van der Waals surface area contributed by atoms with Crippen molar-refractivity contribution in [3.8, 4) is 11.1 Å². The van der Waals surface area contributed by atoms with Crippen molar-refractivity contribution in [1.82, 2.24) is 5.32 Å². The first-order chi connectivity index (χ1) is 9.65. The molecule has 104 valence electrons. The molecular weight excluding hydrogens is 273 g/mol. The summed E-state index contributed by atoms with van der Waals surface area (Å²) in [5.41, 5.74) is 4.15. The van der Waals surface area contributed by atoms with Gasteiger partial charge in [-0.2, -0.15) is 0 Å². The third kappa shape index (κ3) is 2.58. The Morgan fingerprint density at radius 2 is 2.05 bits per heavy atom. The number of benzene rings is 2. The molecule has 3 heteroatoms. The predicted molar refractivity (Wildman–Crippen MR) is 81.8 cm³/mol. The molecule has 1 fully saturated rings. The minimum absolute atomic E-state index is 0.160. The van der Waals surface area contributed by atoms with E-state index in [1.807, 2.05) is 30.3 Å². The predicted octanol–water partition coefficient (Wildman–Crippen LogP) is 4.53. The zero-order valence-corrected chi connectivity index (χ0v) is 12.2. The van der Waals surface area contributed by atoms with Gasteiger partial charge in [0, 0.05) is 11.6 Å². The molecule has 1 N–H and O–H groups in total. The molecule has 1 saturated heterocycles. The van der Waals surface area contributed by atoms with Crippen molar-refractivity contribution < 1.29 is 4.39 Å². The van der Waals surface area contributed by atoms with Gasteiger partial charge in [-0.05, 0) is 72.3 Å². The summed E-state index contributed by atoms with van der Waals surface area (Å²) in [7, 11) is 0. The molecule has 0 amide bonds. The maximum absolute atomic E-state index is 13.4. The lowest BCUT2D eigenvalue weighted by molar-refractivity contribution is 0.619. The Hall–Kier alpha value is -1.38. The number of nitrogens with one attached hydrogen (secondary N) is 1. The van der Waals surface area contributed by atoms with Gasteiger partial charge in [0.1, 0.15) is 5.82 Å². The van der Waals surface area contributed by atoms with Crippen LogP contribution < -0.4 is 5.32 Å². The van der Waals surface area contributed by atoms with Gasteiger partial charge in [-0.3, -0.25) is 0 Å². The van der Waals surface area contributed by atoms with Gasteiger partial charge in [0.15, 0.2) is 0 Å². The van der Waals surface area contributed by atoms with Crippen molar-refractivity contribution in [3.63, 3.8) is 0 Å². The van der Waals surface area contributed by atoms with Crippen LogP contribution in [-0.2, 0) is 0 Å². The average Bonchev–Trinajstić information content (AvgIpc) is 2.96. The van der Waals surface area contributed by atoms with Crippen molar-refractivity contribution in [3.05, 3.63) is 58.4 Å². The van der Waals surface area contributed by atoms with Crippen molar-refractivity contribution in [1.29, 1.82) is 0 Å². The van der Waals surface area contributed by atoms with Crippen molar-refractivity contribution in [2.24, 2.45) is 0 Å². The fourth-order valence-electron chi connectivity index (χ4n) is 2.87. The first kappa shape index (κ1) is 13.6. The highest BCUT2D eigenvalue weighted by Gasteiger charge is 2.20. The largest absolute Gasteiger partial charge is 0.316 e. The van der Waals surface area contributed by atoms with E-state index in [1.54, 1.807) is 6.92 Å². The van der Waals surface area contributed by atoms with Gasteiger partial charge < -0.3 is 5.32 Å². The summed E-state index contributed by atoms with van der Waals surface area (Å²) in [6, 6.07) is 11.3. The van der Waals surface area contributed by atoms with Gasteiger partial charge in [-0.1, -0.05) is 23.7 Å². The summed E-state index contributed by atoms with van der Waals surface area (Å²) >= 11 is 6.16. The lowest BCUT2D eigenvalue weighted by Gasteiger charge is -2.16. The van der Waals surface area contributed by atoms with Gasteiger partial charge >= 0.3 is 0 Å². The molecule has 1 atom stereocenters. The zero-order chi connectivity index (χ0) is 14.1. The Bertz CT molecular complexity index is 633. The molecular formula is C17H17ClFN. The highest BCUT2D eigenvalue weighted by Crippen LogP contribution is 2.35. The Labute approximate surface area is 123 Å². The van der Waals surface area contributed by atoms with Gasteiger partial charge in [0.05, 0.1) is 0 Å². The SMILES string of the molecule is Cc1cc(-c2ccc(Cl)cc2C2CCNC2)ccc1F. The topological polar surface area (TPSA) is 12.0 Å². The van der Waals surface area contributed by atoms with Gasteiger partial charge in [-0.15, -0.1) is 0 Å². The van der Waals surface area contributed by atoms with E-state index in [0.717, 1.165) is 35.7 Å². The van der Waals surface area contributed by atoms with E-state index in [2.05, 4.69) is 5.32 Å². The molecule has 0 radical (unpaired) electrons. The normalized spacial score (nSPS) is 18.4. The molecule has 0 spiro atoms. The molecule has 2 aromatic carbocycles. The number of rotatable bonds is 2. The minimum Gasteiger partial charge on any atom is -0.316 e. The number of halogens is 2. The van der Waals surface area contributed by atoms with Crippen LogP contribution in [0.3, 0.4) is 0 Å². The van der Waals surface area contributed by atoms with Crippen LogP contribution in [0.25, 0.3) is 11.1 Å². The molecule has 3 rings (SSSR count). The summed E-state index contributed by atoms with van der Waals surface area (Å²) in [5.74, 6) is 0.320. The molecule has 1 aliphatic rings. The number of hydrogen-bond donors (Lipinski definition) is 1. The summed E-state index contributed by atoms with van der Waals surface area (Å²) in [6.45, 7) is 3.82. The Kier molecular flexibility index (Phi) is 3.77. The lowest BCUT2D eigenvalue weighted by atomic mass is 9.89.